The summed E-state index contributed by atoms with van der Waals surface area (Å²) in [5, 5.41) is 14.7. The molecule has 7 nitrogen and oxygen atoms in total. The number of ether oxygens (including phenoxy) is 1. The van der Waals surface area contributed by atoms with E-state index in [4.69, 9.17) is 4.74 Å². The number of hydrogen-bond donors (Lipinski definition) is 1. The molecule has 0 aliphatic rings. The van der Waals surface area contributed by atoms with E-state index in [1.807, 2.05) is 12.1 Å². The van der Waals surface area contributed by atoms with Crippen LogP contribution >= 0.6 is 15.9 Å². The summed E-state index contributed by atoms with van der Waals surface area (Å²) in [5.41, 5.74) is 4.63. The van der Waals surface area contributed by atoms with Crippen LogP contribution in [0.25, 0.3) is 0 Å². The number of hydrazone groups is 1. The number of amides is 1. The highest BCUT2D eigenvalue weighted by Gasteiger charge is 2.06. The number of nitro benzene ring substituents is 1. The van der Waals surface area contributed by atoms with Crippen LogP contribution in [-0.4, -0.2) is 17.0 Å². The van der Waals surface area contributed by atoms with E-state index in [0.29, 0.717) is 11.3 Å². The third kappa shape index (κ3) is 5.73. The Hall–Kier alpha value is -3.52. The van der Waals surface area contributed by atoms with Crippen molar-refractivity contribution in [2.24, 2.45) is 5.10 Å². The second kappa shape index (κ2) is 9.61. The standard InChI is InChI=1S/C21H16BrN3O4/c22-19-12-16(13-23-24-21(26)17-4-2-1-3-5-17)8-11-20(19)29-14-15-6-9-18(10-7-15)25(27)28/h1-13H,14H2,(H,24,26)/b23-13-. The molecule has 0 saturated heterocycles. The van der Waals surface area contributed by atoms with Crippen molar-refractivity contribution in [2.75, 3.05) is 0 Å². The molecule has 3 rings (SSSR count). The van der Waals surface area contributed by atoms with Crippen LogP contribution in [0.3, 0.4) is 0 Å². The van der Waals surface area contributed by atoms with E-state index in [-0.39, 0.29) is 18.2 Å². The number of nitrogens with zero attached hydrogens (tertiary/aromatic N) is 2. The molecule has 8 heteroatoms. The summed E-state index contributed by atoms with van der Waals surface area (Å²) >= 11 is 3.45. The Morgan fingerprint density at radius 3 is 2.48 bits per heavy atom. The van der Waals surface area contributed by atoms with Gasteiger partial charge in [-0.05, 0) is 69.5 Å². The van der Waals surface area contributed by atoms with Crippen LogP contribution in [0.2, 0.25) is 0 Å². The summed E-state index contributed by atoms with van der Waals surface area (Å²) in [7, 11) is 0. The fraction of sp³-hybridized carbons (Fsp3) is 0.0476. The minimum Gasteiger partial charge on any atom is -0.488 e. The number of nitrogens with one attached hydrogen (secondary N) is 1. The number of nitro groups is 1. The van der Waals surface area contributed by atoms with Crippen LogP contribution in [0.15, 0.2) is 82.4 Å². The molecular formula is C21H16BrN3O4. The number of carbonyl (C=O) groups excluding carboxylic acids is 1. The number of carbonyl (C=O) groups is 1. The number of non-ortho nitro benzene ring substituents is 1. The average molecular weight is 454 g/mol. The molecule has 0 heterocycles. The van der Waals surface area contributed by atoms with Gasteiger partial charge in [-0.3, -0.25) is 14.9 Å². The summed E-state index contributed by atoms with van der Waals surface area (Å²) in [5.74, 6) is 0.331. The second-order valence-electron chi connectivity index (χ2n) is 5.97. The lowest BCUT2D eigenvalue weighted by Crippen LogP contribution is -2.17. The largest absolute Gasteiger partial charge is 0.488 e. The van der Waals surface area contributed by atoms with E-state index < -0.39 is 4.92 Å². The van der Waals surface area contributed by atoms with Crippen LogP contribution in [0.1, 0.15) is 21.5 Å². The quantitative estimate of drug-likeness (QED) is 0.318. The SMILES string of the molecule is O=C(N/N=C\c1ccc(OCc2ccc([N+](=O)[O-])cc2)c(Br)c1)c1ccccc1. The highest BCUT2D eigenvalue weighted by molar-refractivity contribution is 9.10. The lowest BCUT2D eigenvalue weighted by Gasteiger charge is -2.09. The Balaban J connectivity index is 1.56. The van der Waals surface area contributed by atoms with Gasteiger partial charge in [0.1, 0.15) is 12.4 Å². The van der Waals surface area contributed by atoms with Crippen molar-refractivity contribution in [1.82, 2.24) is 5.43 Å². The van der Waals surface area contributed by atoms with Gasteiger partial charge in [0.05, 0.1) is 15.6 Å². The molecule has 0 unspecified atom stereocenters. The van der Waals surface area contributed by atoms with Gasteiger partial charge in [0.2, 0.25) is 0 Å². The van der Waals surface area contributed by atoms with Gasteiger partial charge in [-0.25, -0.2) is 5.43 Å². The van der Waals surface area contributed by atoms with Crippen molar-refractivity contribution in [1.29, 1.82) is 0 Å². The van der Waals surface area contributed by atoms with Gasteiger partial charge < -0.3 is 4.74 Å². The zero-order chi connectivity index (χ0) is 20.6. The molecule has 0 fully saturated rings. The fourth-order valence-corrected chi connectivity index (χ4v) is 2.92. The smallest absolute Gasteiger partial charge is 0.271 e. The molecule has 1 amide bonds. The predicted octanol–water partition coefficient (Wildman–Crippen LogP) is 4.70. The molecule has 3 aromatic rings. The van der Waals surface area contributed by atoms with Gasteiger partial charge in [-0.2, -0.15) is 5.10 Å². The van der Waals surface area contributed by atoms with Crippen LogP contribution in [0.4, 0.5) is 5.69 Å². The molecule has 0 saturated carbocycles. The van der Waals surface area contributed by atoms with E-state index in [1.165, 1.54) is 18.3 Å². The van der Waals surface area contributed by atoms with Gasteiger partial charge in [-0.15, -0.1) is 0 Å². The van der Waals surface area contributed by atoms with E-state index in [0.717, 1.165) is 15.6 Å². The van der Waals surface area contributed by atoms with Gasteiger partial charge in [-0.1, -0.05) is 18.2 Å². The van der Waals surface area contributed by atoms with E-state index >= 15 is 0 Å². The number of hydrogen-bond acceptors (Lipinski definition) is 5. The Kier molecular flexibility index (Phi) is 6.70. The van der Waals surface area contributed by atoms with Gasteiger partial charge in [0.15, 0.2) is 0 Å². The maximum atomic E-state index is 11.9. The van der Waals surface area contributed by atoms with E-state index in [1.54, 1.807) is 48.5 Å². The highest BCUT2D eigenvalue weighted by atomic mass is 79.9. The molecule has 0 atom stereocenters. The molecule has 0 aliphatic heterocycles. The van der Waals surface area contributed by atoms with Crippen molar-refractivity contribution in [3.8, 4) is 5.75 Å². The zero-order valence-corrected chi connectivity index (χ0v) is 16.7. The van der Waals surface area contributed by atoms with Crippen LogP contribution in [0.5, 0.6) is 5.75 Å². The maximum Gasteiger partial charge on any atom is 0.271 e. The van der Waals surface area contributed by atoms with E-state index in [2.05, 4.69) is 26.5 Å². The first-order valence-electron chi connectivity index (χ1n) is 8.57. The predicted molar refractivity (Wildman–Crippen MR) is 113 cm³/mol. The van der Waals surface area contributed by atoms with Crippen molar-refractivity contribution in [3.05, 3.63) is 104 Å². The fourth-order valence-electron chi connectivity index (χ4n) is 2.41. The first-order chi connectivity index (χ1) is 14.0. The minimum absolute atomic E-state index is 0.0397. The molecule has 1 N–H and O–H groups in total. The van der Waals surface area contributed by atoms with Gasteiger partial charge >= 0.3 is 0 Å². The van der Waals surface area contributed by atoms with Gasteiger partial charge in [0, 0.05) is 17.7 Å². The van der Waals surface area contributed by atoms with Crippen LogP contribution in [-0.2, 0) is 6.61 Å². The molecule has 0 bridgehead atoms. The van der Waals surface area contributed by atoms with Crippen molar-refractivity contribution in [2.45, 2.75) is 6.61 Å². The normalized spacial score (nSPS) is 10.7. The molecule has 0 spiro atoms. The van der Waals surface area contributed by atoms with Crippen LogP contribution in [0, 0.1) is 10.1 Å². The average Bonchev–Trinajstić information content (AvgIpc) is 2.74. The molecule has 0 aliphatic carbocycles. The summed E-state index contributed by atoms with van der Waals surface area (Å²) < 4.78 is 6.47. The second-order valence-corrected chi connectivity index (χ2v) is 6.82. The Morgan fingerprint density at radius 1 is 1.10 bits per heavy atom. The Labute approximate surface area is 175 Å². The Bertz CT molecular complexity index is 1040. The monoisotopic (exact) mass is 453 g/mol. The van der Waals surface area contributed by atoms with Crippen molar-refractivity contribution >= 4 is 33.7 Å². The molecule has 29 heavy (non-hydrogen) atoms. The Morgan fingerprint density at radius 2 is 1.83 bits per heavy atom. The van der Waals surface area contributed by atoms with Crippen molar-refractivity contribution < 1.29 is 14.5 Å². The minimum atomic E-state index is -0.441. The number of rotatable bonds is 7. The summed E-state index contributed by atoms with van der Waals surface area (Å²) in [6.07, 6.45) is 1.53. The molecule has 0 aromatic heterocycles. The third-order valence-corrected chi connectivity index (χ3v) is 4.53. The molecule has 146 valence electrons. The number of benzene rings is 3. The first kappa shape index (κ1) is 20.2. The summed E-state index contributed by atoms with van der Waals surface area (Å²) in [6.45, 7) is 0.275. The third-order valence-electron chi connectivity index (χ3n) is 3.91. The maximum absolute atomic E-state index is 11.9. The summed E-state index contributed by atoms with van der Waals surface area (Å²) in [6, 6.07) is 20.4. The lowest BCUT2D eigenvalue weighted by atomic mass is 10.2. The molecule has 3 aromatic carbocycles. The molecule has 0 radical (unpaired) electrons. The molecular weight excluding hydrogens is 438 g/mol. The zero-order valence-electron chi connectivity index (χ0n) is 15.1. The topological polar surface area (TPSA) is 93.8 Å². The van der Waals surface area contributed by atoms with Crippen molar-refractivity contribution in [3.63, 3.8) is 0 Å². The van der Waals surface area contributed by atoms with Crippen LogP contribution < -0.4 is 10.2 Å². The van der Waals surface area contributed by atoms with Gasteiger partial charge in [0.25, 0.3) is 11.6 Å². The lowest BCUT2D eigenvalue weighted by molar-refractivity contribution is -0.384. The highest BCUT2D eigenvalue weighted by Crippen LogP contribution is 2.26. The van der Waals surface area contributed by atoms with E-state index in [9.17, 15) is 14.9 Å². The number of halogens is 1. The first-order valence-corrected chi connectivity index (χ1v) is 9.36. The summed E-state index contributed by atoms with van der Waals surface area (Å²) in [4.78, 5) is 22.2.